The van der Waals surface area contributed by atoms with Gasteiger partial charge in [0.1, 0.15) is 5.75 Å². The van der Waals surface area contributed by atoms with Crippen LogP contribution >= 0.6 is 0 Å². The van der Waals surface area contributed by atoms with E-state index >= 15 is 0 Å². The Hall–Kier alpha value is -2.36. The summed E-state index contributed by atoms with van der Waals surface area (Å²) in [5, 5.41) is 2.83. The maximum absolute atomic E-state index is 12.2. The lowest BCUT2D eigenvalue weighted by Crippen LogP contribution is -2.23. The van der Waals surface area contributed by atoms with Gasteiger partial charge in [0.05, 0.1) is 13.5 Å². The van der Waals surface area contributed by atoms with E-state index in [-0.39, 0.29) is 5.91 Å². The van der Waals surface area contributed by atoms with Crippen molar-refractivity contribution < 1.29 is 9.53 Å². The number of rotatable bonds is 7. The van der Waals surface area contributed by atoms with Crippen LogP contribution in [0.2, 0.25) is 0 Å². The first-order chi connectivity index (χ1) is 12.1. The van der Waals surface area contributed by atoms with Gasteiger partial charge in [-0.15, -0.1) is 0 Å². The molecule has 2 rings (SSSR count). The van der Waals surface area contributed by atoms with Gasteiger partial charge in [0, 0.05) is 24.4 Å². The third-order valence-electron chi connectivity index (χ3n) is 4.54. The summed E-state index contributed by atoms with van der Waals surface area (Å²) in [6.45, 7) is 3.92. The first-order valence-electron chi connectivity index (χ1n) is 8.89. The summed E-state index contributed by atoms with van der Waals surface area (Å²) in [6.07, 6.45) is 10.4. The van der Waals surface area contributed by atoms with Crippen LogP contribution in [-0.4, -0.2) is 25.8 Å². The number of amides is 1. The topological polar surface area (TPSA) is 50.7 Å². The van der Waals surface area contributed by atoms with Gasteiger partial charge in [0.25, 0.3) is 0 Å². The number of allylic oxidation sites excluding steroid dienone is 2. The maximum Gasteiger partial charge on any atom is 0.228 e. The molecule has 0 saturated heterocycles. The summed E-state index contributed by atoms with van der Waals surface area (Å²) in [7, 11) is 3.45. The van der Waals surface area contributed by atoms with E-state index < -0.39 is 0 Å². The number of hydrogen-bond acceptors (Lipinski definition) is 3. The van der Waals surface area contributed by atoms with Gasteiger partial charge in [-0.1, -0.05) is 38.0 Å². The van der Waals surface area contributed by atoms with Gasteiger partial charge in [-0.3, -0.25) is 9.79 Å². The van der Waals surface area contributed by atoms with Crippen molar-refractivity contribution in [2.75, 3.05) is 14.2 Å². The first kappa shape index (κ1) is 19.0. The molecule has 0 aromatic heterocycles. The largest absolute Gasteiger partial charge is 0.497 e. The molecular formula is C21H28N2O2. The van der Waals surface area contributed by atoms with E-state index in [0.717, 1.165) is 17.0 Å². The molecule has 1 aromatic carbocycles. The molecule has 0 atom stereocenters. The van der Waals surface area contributed by atoms with E-state index in [4.69, 9.17) is 4.74 Å². The minimum absolute atomic E-state index is 0.0874. The summed E-state index contributed by atoms with van der Waals surface area (Å²) < 4.78 is 5.18. The fourth-order valence-electron chi connectivity index (χ4n) is 3.21. The van der Waals surface area contributed by atoms with Gasteiger partial charge >= 0.3 is 0 Å². The third kappa shape index (κ3) is 6.22. The highest BCUT2D eigenvalue weighted by atomic mass is 16.5. The molecule has 1 fully saturated rings. The molecule has 25 heavy (non-hydrogen) atoms. The quantitative estimate of drug-likeness (QED) is 0.601. The Morgan fingerprint density at radius 3 is 2.76 bits per heavy atom. The minimum Gasteiger partial charge on any atom is -0.497 e. The smallest absolute Gasteiger partial charge is 0.228 e. The van der Waals surface area contributed by atoms with Gasteiger partial charge < -0.3 is 10.1 Å². The summed E-state index contributed by atoms with van der Waals surface area (Å²) in [4.78, 5) is 16.6. The van der Waals surface area contributed by atoms with Gasteiger partial charge in [0.15, 0.2) is 0 Å². The van der Waals surface area contributed by atoms with Crippen molar-refractivity contribution >= 4 is 11.6 Å². The fourth-order valence-corrected chi connectivity index (χ4v) is 3.21. The van der Waals surface area contributed by atoms with E-state index in [1.165, 1.54) is 32.1 Å². The van der Waals surface area contributed by atoms with Crippen LogP contribution in [0.15, 0.2) is 53.7 Å². The van der Waals surface area contributed by atoms with E-state index in [9.17, 15) is 4.79 Å². The second-order valence-electron chi connectivity index (χ2n) is 6.42. The second-order valence-corrected chi connectivity index (χ2v) is 6.42. The Labute approximate surface area is 150 Å². The fraction of sp³-hybridized carbons (Fsp3) is 0.429. The number of carbonyl (C=O) groups is 1. The summed E-state index contributed by atoms with van der Waals surface area (Å²) in [5.41, 5.74) is 2.60. The zero-order chi connectivity index (χ0) is 18.1. The Balaban J connectivity index is 1.86. The standard InChI is InChI=1S/C21H28N2O2/c1-16(12-13-20(22-2)18-9-5-4-6-10-18)23-21(24)15-17-8-7-11-19(14-17)25-3/h7-8,11-14,18H,1,4-6,9-10,15H2,2-3H3,(H,23,24)/b13-12-,22-20?. The number of carbonyl (C=O) groups excluding carboxylic acids is 1. The maximum atomic E-state index is 12.2. The molecule has 0 spiro atoms. The number of hydrogen-bond donors (Lipinski definition) is 1. The predicted molar refractivity (Wildman–Crippen MR) is 103 cm³/mol. The molecule has 0 radical (unpaired) electrons. The number of nitrogens with one attached hydrogen (secondary N) is 1. The normalized spacial score (nSPS) is 16.0. The van der Waals surface area contributed by atoms with Crippen molar-refractivity contribution in [3.05, 3.63) is 54.3 Å². The van der Waals surface area contributed by atoms with E-state index in [0.29, 0.717) is 18.0 Å². The summed E-state index contributed by atoms with van der Waals surface area (Å²) in [6, 6.07) is 7.51. The van der Waals surface area contributed by atoms with Crippen LogP contribution in [0.1, 0.15) is 37.7 Å². The van der Waals surface area contributed by atoms with Crippen LogP contribution in [0.3, 0.4) is 0 Å². The molecule has 0 bridgehead atoms. The van der Waals surface area contributed by atoms with Crippen molar-refractivity contribution in [3.8, 4) is 5.75 Å². The van der Waals surface area contributed by atoms with Crippen LogP contribution in [0.5, 0.6) is 5.75 Å². The lowest BCUT2D eigenvalue weighted by molar-refractivity contribution is -0.119. The summed E-state index contributed by atoms with van der Waals surface area (Å²) in [5.74, 6) is 1.20. The minimum atomic E-state index is -0.0874. The van der Waals surface area contributed by atoms with Gasteiger partial charge in [-0.2, -0.15) is 0 Å². The molecule has 0 unspecified atom stereocenters. The van der Waals surface area contributed by atoms with Gasteiger partial charge in [-0.05, 0) is 42.7 Å². The molecule has 1 aliphatic carbocycles. The highest BCUT2D eigenvalue weighted by Crippen LogP contribution is 2.25. The molecule has 4 heteroatoms. The molecule has 1 aromatic rings. The third-order valence-corrected chi connectivity index (χ3v) is 4.54. The molecule has 1 saturated carbocycles. The zero-order valence-electron chi connectivity index (χ0n) is 15.3. The zero-order valence-corrected chi connectivity index (χ0v) is 15.3. The number of ether oxygens (including phenoxy) is 1. The van der Waals surface area contributed by atoms with Crippen molar-refractivity contribution in [1.82, 2.24) is 5.32 Å². The molecule has 1 amide bonds. The summed E-state index contributed by atoms with van der Waals surface area (Å²) >= 11 is 0. The van der Waals surface area contributed by atoms with Crippen LogP contribution in [0.25, 0.3) is 0 Å². The highest BCUT2D eigenvalue weighted by Gasteiger charge is 2.16. The molecule has 1 N–H and O–H groups in total. The molecule has 0 heterocycles. The lowest BCUT2D eigenvalue weighted by Gasteiger charge is -2.21. The van der Waals surface area contributed by atoms with Crippen LogP contribution in [0.4, 0.5) is 0 Å². The monoisotopic (exact) mass is 340 g/mol. The number of nitrogens with zero attached hydrogens (tertiary/aromatic N) is 1. The second kappa shape index (κ2) is 9.82. The Morgan fingerprint density at radius 2 is 2.08 bits per heavy atom. The predicted octanol–water partition coefficient (Wildman–Crippen LogP) is 4.07. The van der Waals surface area contributed by atoms with Gasteiger partial charge in [-0.25, -0.2) is 0 Å². The first-order valence-corrected chi connectivity index (χ1v) is 8.89. The van der Waals surface area contributed by atoms with Crippen LogP contribution in [-0.2, 0) is 11.2 Å². The average molecular weight is 340 g/mol. The average Bonchev–Trinajstić information content (AvgIpc) is 2.63. The Kier molecular flexibility index (Phi) is 7.45. The molecule has 1 aliphatic rings. The number of benzene rings is 1. The van der Waals surface area contributed by atoms with Crippen LogP contribution in [0, 0.1) is 5.92 Å². The molecule has 0 aliphatic heterocycles. The van der Waals surface area contributed by atoms with Crippen molar-refractivity contribution in [2.24, 2.45) is 10.9 Å². The van der Waals surface area contributed by atoms with Crippen LogP contribution < -0.4 is 10.1 Å². The van der Waals surface area contributed by atoms with E-state index in [2.05, 4.69) is 16.9 Å². The van der Waals surface area contributed by atoms with E-state index in [1.807, 2.05) is 43.5 Å². The lowest BCUT2D eigenvalue weighted by atomic mass is 9.85. The number of aliphatic imine (C=N–C) groups is 1. The Morgan fingerprint density at radius 1 is 1.32 bits per heavy atom. The van der Waals surface area contributed by atoms with Crippen molar-refractivity contribution in [1.29, 1.82) is 0 Å². The highest BCUT2D eigenvalue weighted by molar-refractivity contribution is 5.97. The molecular weight excluding hydrogens is 312 g/mol. The molecule has 4 nitrogen and oxygen atoms in total. The van der Waals surface area contributed by atoms with Gasteiger partial charge in [0.2, 0.25) is 5.91 Å². The van der Waals surface area contributed by atoms with E-state index in [1.54, 1.807) is 7.11 Å². The molecule has 134 valence electrons. The number of methoxy groups -OCH3 is 1. The van der Waals surface area contributed by atoms with Crippen molar-refractivity contribution in [2.45, 2.75) is 38.5 Å². The Bertz CT molecular complexity index is 656. The van der Waals surface area contributed by atoms with Crippen molar-refractivity contribution in [3.63, 3.8) is 0 Å². The SMILES string of the molecule is C=C(/C=C\C(=NC)C1CCCCC1)NC(=O)Cc1cccc(OC)c1.